The van der Waals surface area contributed by atoms with Crippen LogP contribution in [0.3, 0.4) is 0 Å². The predicted octanol–water partition coefficient (Wildman–Crippen LogP) is 5.23. The van der Waals surface area contributed by atoms with Crippen molar-refractivity contribution >= 4 is 28.8 Å². The molecule has 166 valence electrons. The van der Waals surface area contributed by atoms with Gasteiger partial charge in [-0.15, -0.1) is 0 Å². The summed E-state index contributed by atoms with van der Waals surface area (Å²) in [7, 11) is 4.00. The van der Waals surface area contributed by atoms with Gasteiger partial charge in [-0.1, -0.05) is 48.2 Å². The lowest BCUT2D eigenvalue weighted by molar-refractivity contribution is 0.0698. The van der Waals surface area contributed by atoms with Crippen LogP contribution in [0.15, 0.2) is 74.7 Å². The molecule has 1 amide bonds. The van der Waals surface area contributed by atoms with Gasteiger partial charge in [-0.05, 0) is 56.4 Å². The van der Waals surface area contributed by atoms with E-state index in [1.807, 2.05) is 80.5 Å². The molecule has 2 heterocycles. The minimum atomic E-state index is -0.107. The van der Waals surface area contributed by atoms with Crippen molar-refractivity contribution in [3.63, 3.8) is 0 Å². The van der Waals surface area contributed by atoms with Gasteiger partial charge in [0.2, 0.25) is 0 Å². The lowest BCUT2D eigenvalue weighted by Crippen LogP contribution is -2.36. The summed E-state index contributed by atoms with van der Waals surface area (Å²) >= 11 is 1.45. The van der Waals surface area contributed by atoms with E-state index in [0.29, 0.717) is 35.6 Å². The normalized spacial score (nSPS) is 11.4. The second-order valence-corrected chi connectivity index (χ2v) is 8.95. The third-order valence-corrected chi connectivity index (χ3v) is 5.90. The summed E-state index contributed by atoms with van der Waals surface area (Å²) < 4.78 is 11.7. The highest BCUT2D eigenvalue weighted by Crippen LogP contribution is 2.27. The van der Waals surface area contributed by atoms with E-state index < -0.39 is 0 Å². The number of benzene rings is 2. The number of likely N-dealkylation sites (N-methyl/N-ethyl adjacent to an activating group) is 1. The molecule has 0 unspecified atom stereocenters. The maximum atomic E-state index is 13.2. The van der Waals surface area contributed by atoms with E-state index in [0.717, 1.165) is 28.8 Å². The first-order valence-electron chi connectivity index (χ1n) is 10.5. The van der Waals surface area contributed by atoms with Crippen LogP contribution in [-0.2, 0) is 12.3 Å². The molecule has 0 aliphatic rings. The number of nitrogens with zero attached hydrogens (tertiary/aromatic N) is 3. The molecule has 0 bridgehead atoms. The van der Waals surface area contributed by atoms with E-state index in [-0.39, 0.29) is 5.91 Å². The van der Waals surface area contributed by atoms with Gasteiger partial charge in [0.1, 0.15) is 11.3 Å². The van der Waals surface area contributed by atoms with Gasteiger partial charge in [-0.25, -0.2) is 4.98 Å². The Morgan fingerprint density at radius 3 is 2.59 bits per heavy atom. The summed E-state index contributed by atoms with van der Waals surface area (Å²) in [4.78, 5) is 21.6. The molecule has 0 atom stereocenters. The number of hydrogen-bond acceptors (Lipinski definition) is 6. The highest BCUT2D eigenvalue weighted by Gasteiger charge is 2.20. The van der Waals surface area contributed by atoms with Crippen molar-refractivity contribution in [2.45, 2.75) is 24.4 Å². The van der Waals surface area contributed by atoms with Crippen LogP contribution < -0.4 is 0 Å². The quantitative estimate of drug-likeness (QED) is 0.326. The maximum absolute atomic E-state index is 13.2. The van der Waals surface area contributed by atoms with E-state index in [1.54, 1.807) is 6.07 Å². The van der Waals surface area contributed by atoms with Crippen molar-refractivity contribution in [1.82, 2.24) is 14.8 Å². The summed E-state index contributed by atoms with van der Waals surface area (Å²) in [6.45, 7) is 3.97. The van der Waals surface area contributed by atoms with E-state index >= 15 is 0 Å². The van der Waals surface area contributed by atoms with Gasteiger partial charge in [0.05, 0.1) is 5.75 Å². The number of oxazole rings is 1. The van der Waals surface area contributed by atoms with Crippen molar-refractivity contribution in [2.24, 2.45) is 0 Å². The molecule has 32 heavy (non-hydrogen) atoms. The first-order valence-corrected chi connectivity index (χ1v) is 11.5. The van der Waals surface area contributed by atoms with E-state index in [9.17, 15) is 4.79 Å². The summed E-state index contributed by atoms with van der Waals surface area (Å²) in [5.74, 6) is 1.49. The molecular formula is C25H27N3O3S. The number of hydrogen-bond donors (Lipinski definition) is 0. The molecule has 6 nitrogen and oxygen atoms in total. The van der Waals surface area contributed by atoms with Crippen molar-refractivity contribution in [1.29, 1.82) is 0 Å². The van der Waals surface area contributed by atoms with Crippen LogP contribution in [0.4, 0.5) is 0 Å². The number of carbonyl (C=O) groups is 1. The highest BCUT2D eigenvalue weighted by molar-refractivity contribution is 7.98. The van der Waals surface area contributed by atoms with Crippen LogP contribution in [0.5, 0.6) is 0 Å². The Labute approximate surface area is 192 Å². The number of amides is 1. The Bertz CT molecular complexity index is 1180. The van der Waals surface area contributed by atoms with Crippen LogP contribution in [-0.4, -0.2) is 47.9 Å². The molecule has 2 aromatic carbocycles. The monoisotopic (exact) mass is 449 g/mol. The number of fused-ring (bicyclic) bond motifs is 1. The zero-order valence-corrected chi connectivity index (χ0v) is 19.4. The molecule has 0 spiro atoms. The van der Waals surface area contributed by atoms with Gasteiger partial charge in [-0.2, -0.15) is 0 Å². The Morgan fingerprint density at radius 2 is 1.81 bits per heavy atom. The van der Waals surface area contributed by atoms with Crippen molar-refractivity contribution in [2.75, 3.05) is 27.2 Å². The van der Waals surface area contributed by atoms with Gasteiger partial charge >= 0.3 is 0 Å². The molecule has 4 aromatic rings. The van der Waals surface area contributed by atoms with Crippen molar-refractivity contribution in [3.05, 3.63) is 83.3 Å². The van der Waals surface area contributed by atoms with Crippen LogP contribution in [0, 0.1) is 6.92 Å². The first kappa shape index (κ1) is 22.2. The van der Waals surface area contributed by atoms with Crippen LogP contribution >= 0.6 is 11.8 Å². The molecule has 0 aliphatic carbocycles. The first-order chi connectivity index (χ1) is 15.5. The number of furan rings is 1. The summed E-state index contributed by atoms with van der Waals surface area (Å²) in [6, 6.07) is 19.5. The lowest BCUT2D eigenvalue weighted by atomic mass is 10.2. The minimum Gasteiger partial charge on any atom is -0.455 e. The Morgan fingerprint density at radius 1 is 1.00 bits per heavy atom. The van der Waals surface area contributed by atoms with Gasteiger partial charge in [0.15, 0.2) is 11.3 Å². The topological polar surface area (TPSA) is 62.7 Å². The number of carbonyl (C=O) groups excluding carboxylic acids is 1. The second kappa shape index (κ2) is 10.1. The third-order valence-electron chi connectivity index (χ3n) is 5.05. The number of rotatable bonds is 9. The predicted molar refractivity (Wildman–Crippen MR) is 127 cm³/mol. The molecular weight excluding hydrogens is 422 g/mol. The molecule has 0 fully saturated rings. The Hall–Kier alpha value is -3.03. The molecule has 0 saturated carbocycles. The lowest BCUT2D eigenvalue weighted by Gasteiger charge is -2.23. The fourth-order valence-electron chi connectivity index (χ4n) is 3.31. The third kappa shape index (κ3) is 5.60. The van der Waals surface area contributed by atoms with Crippen LogP contribution in [0.25, 0.3) is 11.1 Å². The van der Waals surface area contributed by atoms with E-state index in [4.69, 9.17) is 8.83 Å². The molecule has 7 heteroatoms. The van der Waals surface area contributed by atoms with Crippen LogP contribution in [0.1, 0.15) is 27.4 Å². The van der Waals surface area contributed by atoms with E-state index in [1.165, 1.54) is 11.8 Å². The zero-order chi connectivity index (χ0) is 22.5. The number of aryl methyl sites for hydroxylation is 1. The van der Waals surface area contributed by atoms with Gasteiger partial charge < -0.3 is 18.6 Å². The smallest absolute Gasteiger partial charge is 0.289 e. The molecule has 2 aromatic heterocycles. The summed E-state index contributed by atoms with van der Waals surface area (Å²) in [5, 5.41) is 0.589. The van der Waals surface area contributed by atoms with Gasteiger partial charge in [0, 0.05) is 19.6 Å². The second-order valence-electron chi connectivity index (χ2n) is 8.02. The van der Waals surface area contributed by atoms with Crippen molar-refractivity contribution in [3.8, 4) is 0 Å². The van der Waals surface area contributed by atoms with Crippen LogP contribution in [0.2, 0.25) is 0 Å². The zero-order valence-electron chi connectivity index (χ0n) is 18.6. The molecule has 4 rings (SSSR count). The van der Waals surface area contributed by atoms with E-state index in [2.05, 4.69) is 9.88 Å². The summed E-state index contributed by atoms with van der Waals surface area (Å²) in [6.07, 6.45) is 0. The maximum Gasteiger partial charge on any atom is 0.289 e. The Kier molecular flexibility index (Phi) is 6.97. The molecule has 0 aliphatic heterocycles. The highest BCUT2D eigenvalue weighted by atomic mass is 32.2. The number of thioether (sulfide) groups is 1. The van der Waals surface area contributed by atoms with Gasteiger partial charge in [-0.3, -0.25) is 4.79 Å². The van der Waals surface area contributed by atoms with Crippen molar-refractivity contribution < 1.29 is 13.6 Å². The fourth-order valence-corrected chi connectivity index (χ4v) is 4.05. The minimum absolute atomic E-state index is 0.107. The largest absolute Gasteiger partial charge is 0.455 e. The summed E-state index contributed by atoms with van der Waals surface area (Å²) in [5.41, 5.74) is 3.85. The SMILES string of the molecule is Cc1ccc2oc(SCc3ccc(C(=O)N(CCN(C)C)Cc4ccccc4)o3)nc2c1. The molecule has 0 N–H and O–H groups in total. The number of aromatic nitrogens is 1. The average Bonchev–Trinajstić information content (AvgIpc) is 3.41. The average molecular weight is 450 g/mol. The molecule has 0 saturated heterocycles. The Balaban J connectivity index is 1.42. The molecule has 0 radical (unpaired) electrons. The standard InChI is InChI=1S/C25H27N3O3S/c1-18-9-11-22-21(15-18)26-25(31-22)32-17-20-10-12-23(30-20)24(29)28(14-13-27(2)3)16-19-7-5-4-6-8-19/h4-12,15H,13-14,16-17H2,1-3H3. The fraction of sp³-hybridized carbons (Fsp3) is 0.280. The van der Waals surface area contributed by atoms with Gasteiger partial charge in [0.25, 0.3) is 11.1 Å².